The van der Waals surface area contributed by atoms with Crippen LogP contribution in [0.4, 0.5) is 0 Å². The van der Waals surface area contributed by atoms with Gasteiger partial charge >= 0.3 is 5.97 Å². The molecule has 0 bridgehead atoms. The van der Waals surface area contributed by atoms with Gasteiger partial charge in [0.1, 0.15) is 0 Å². The molecular formula is C21H22O5. The third-order valence-corrected chi connectivity index (χ3v) is 5.46. The molecule has 0 spiro atoms. The summed E-state index contributed by atoms with van der Waals surface area (Å²) in [6.07, 6.45) is 2.12. The van der Waals surface area contributed by atoms with Gasteiger partial charge < -0.3 is 18.9 Å². The van der Waals surface area contributed by atoms with E-state index in [1.807, 2.05) is 18.2 Å². The highest BCUT2D eigenvalue weighted by molar-refractivity contribution is 5.93. The molecule has 136 valence electrons. The SMILES string of the molecule is COC(=O)c1ccc2c(c1)-c1c(cc(OC)c(OC)c1OC)C[C@H]1C[C@@H]21. The molecule has 0 aromatic heterocycles. The van der Waals surface area contributed by atoms with Crippen LogP contribution in [0.2, 0.25) is 0 Å². The Bertz CT molecular complexity index is 886. The van der Waals surface area contributed by atoms with Crippen LogP contribution in [0.3, 0.4) is 0 Å². The first-order valence-electron chi connectivity index (χ1n) is 8.67. The smallest absolute Gasteiger partial charge is 0.337 e. The van der Waals surface area contributed by atoms with Gasteiger partial charge in [-0.1, -0.05) is 6.07 Å². The highest BCUT2D eigenvalue weighted by Gasteiger charge is 2.43. The number of hydrogen-bond donors (Lipinski definition) is 0. The van der Waals surface area contributed by atoms with Crippen molar-refractivity contribution in [1.29, 1.82) is 0 Å². The van der Waals surface area contributed by atoms with E-state index in [4.69, 9.17) is 18.9 Å². The number of methoxy groups -OCH3 is 4. The van der Waals surface area contributed by atoms with Crippen molar-refractivity contribution >= 4 is 5.97 Å². The third kappa shape index (κ3) is 2.42. The second-order valence-electron chi connectivity index (χ2n) is 6.78. The van der Waals surface area contributed by atoms with E-state index in [2.05, 4.69) is 6.07 Å². The maximum Gasteiger partial charge on any atom is 0.337 e. The highest BCUT2D eigenvalue weighted by Crippen LogP contribution is 2.59. The normalized spacial score (nSPS) is 19.4. The molecule has 0 N–H and O–H groups in total. The standard InChI is InChI=1S/C21H22O5/c1-23-17-10-13-7-12-9-15(12)14-6-5-11(21(22)26-4)8-16(14)18(13)20(25-3)19(17)24-2/h5-6,8,10,12,15H,7,9H2,1-4H3/t12-,15+/m0/s1. The fraction of sp³-hybridized carbons (Fsp3) is 0.381. The van der Waals surface area contributed by atoms with Gasteiger partial charge in [-0.25, -0.2) is 4.79 Å². The van der Waals surface area contributed by atoms with Gasteiger partial charge in [0.2, 0.25) is 5.75 Å². The van der Waals surface area contributed by atoms with Crippen LogP contribution in [-0.2, 0) is 11.2 Å². The summed E-state index contributed by atoms with van der Waals surface area (Å²) in [5, 5.41) is 0. The first kappa shape index (κ1) is 16.8. The van der Waals surface area contributed by atoms with Crippen LogP contribution in [0, 0.1) is 5.92 Å². The quantitative estimate of drug-likeness (QED) is 0.781. The second-order valence-corrected chi connectivity index (χ2v) is 6.78. The number of fused-ring (bicyclic) bond motifs is 5. The number of rotatable bonds is 4. The molecule has 4 rings (SSSR count). The summed E-state index contributed by atoms with van der Waals surface area (Å²) in [4.78, 5) is 12.1. The first-order valence-corrected chi connectivity index (χ1v) is 8.67. The predicted molar refractivity (Wildman–Crippen MR) is 97.4 cm³/mol. The molecule has 2 aromatic carbocycles. The van der Waals surface area contributed by atoms with Crippen LogP contribution in [0.25, 0.3) is 11.1 Å². The molecule has 1 fully saturated rings. The summed E-state index contributed by atoms with van der Waals surface area (Å²) in [6.45, 7) is 0. The molecule has 26 heavy (non-hydrogen) atoms. The summed E-state index contributed by atoms with van der Waals surface area (Å²) in [5.74, 6) is 2.66. The van der Waals surface area contributed by atoms with Crippen molar-refractivity contribution in [3.8, 4) is 28.4 Å². The van der Waals surface area contributed by atoms with E-state index in [1.165, 1.54) is 19.1 Å². The zero-order chi connectivity index (χ0) is 18.4. The number of carbonyl (C=O) groups is 1. The monoisotopic (exact) mass is 354 g/mol. The van der Waals surface area contributed by atoms with Crippen LogP contribution in [0.5, 0.6) is 17.2 Å². The summed E-state index contributed by atoms with van der Waals surface area (Å²) < 4.78 is 21.8. The molecule has 0 radical (unpaired) electrons. The lowest BCUT2D eigenvalue weighted by Crippen LogP contribution is -2.04. The zero-order valence-electron chi connectivity index (χ0n) is 15.4. The Kier molecular flexibility index (Phi) is 4.02. The van der Waals surface area contributed by atoms with E-state index in [0.29, 0.717) is 34.6 Å². The Hall–Kier alpha value is -2.69. The van der Waals surface area contributed by atoms with E-state index in [9.17, 15) is 4.79 Å². The Morgan fingerprint density at radius 1 is 1.00 bits per heavy atom. The maximum absolute atomic E-state index is 12.1. The van der Waals surface area contributed by atoms with Gasteiger partial charge in [0.25, 0.3) is 0 Å². The number of esters is 1. The van der Waals surface area contributed by atoms with E-state index >= 15 is 0 Å². The van der Waals surface area contributed by atoms with E-state index in [-0.39, 0.29) is 5.97 Å². The fourth-order valence-corrected chi connectivity index (χ4v) is 4.14. The fourth-order valence-electron chi connectivity index (χ4n) is 4.14. The van der Waals surface area contributed by atoms with Gasteiger partial charge in [0.05, 0.1) is 34.0 Å². The average molecular weight is 354 g/mol. The molecule has 5 heteroatoms. The molecule has 5 nitrogen and oxygen atoms in total. The summed E-state index contributed by atoms with van der Waals surface area (Å²) in [7, 11) is 6.26. The predicted octanol–water partition coefficient (Wildman–Crippen LogP) is 3.83. The lowest BCUT2D eigenvalue weighted by Gasteiger charge is -2.20. The molecule has 2 aliphatic rings. The number of carbonyl (C=O) groups excluding carboxylic acids is 1. The van der Waals surface area contributed by atoms with Gasteiger partial charge in [-0.05, 0) is 59.6 Å². The summed E-state index contributed by atoms with van der Waals surface area (Å²) >= 11 is 0. The Balaban J connectivity index is 2.02. The zero-order valence-corrected chi connectivity index (χ0v) is 15.4. The highest BCUT2D eigenvalue weighted by atomic mass is 16.5. The summed E-state index contributed by atoms with van der Waals surface area (Å²) in [5.41, 5.74) is 4.96. The summed E-state index contributed by atoms with van der Waals surface area (Å²) in [6, 6.07) is 7.84. The Labute approximate surface area is 152 Å². The van der Waals surface area contributed by atoms with Crippen molar-refractivity contribution in [2.45, 2.75) is 18.8 Å². The molecule has 0 unspecified atom stereocenters. The van der Waals surface area contributed by atoms with Crippen molar-refractivity contribution < 1.29 is 23.7 Å². The lowest BCUT2D eigenvalue weighted by atomic mass is 9.91. The van der Waals surface area contributed by atoms with Crippen molar-refractivity contribution in [1.82, 2.24) is 0 Å². The molecule has 1 saturated carbocycles. The molecule has 2 aliphatic carbocycles. The van der Waals surface area contributed by atoms with Crippen LogP contribution < -0.4 is 14.2 Å². The van der Waals surface area contributed by atoms with Crippen LogP contribution in [-0.4, -0.2) is 34.4 Å². The Morgan fingerprint density at radius 3 is 2.42 bits per heavy atom. The van der Waals surface area contributed by atoms with E-state index in [1.54, 1.807) is 21.3 Å². The second kappa shape index (κ2) is 6.24. The molecule has 0 saturated heterocycles. The van der Waals surface area contributed by atoms with E-state index < -0.39 is 0 Å². The van der Waals surface area contributed by atoms with Gasteiger partial charge in [-0.15, -0.1) is 0 Å². The molecule has 0 amide bonds. The van der Waals surface area contributed by atoms with Crippen LogP contribution in [0.15, 0.2) is 24.3 Å². The minimum atomic E-state index is -0.342. The van der Waals surface area contributed by atoms with E-state index in [0.717, 1.165) is 23.1 Å². The average Bonchev–Trinajstić information content (AvgIpc) is 3.44. The number of ether oxygens (including phenoxy) is 4. The largest absolute Gasteiger partial charge is 0.493 e. The molecule has 0 heterocycles. The maximum atomic E-state index is 12.1. The minimum absolute atomic E-state index is 0.342. The first-order chi connectivity index (χ1) is 12.6. The van der Waals surface area contributed by atoms with Crippen molar-refractivity contribution in [3.63, 3.8) is 0 Å². The number of benzene rings is 2. The third-order valence-electron chi connectivity index (χ3n) is 5.46. The van der Waals surface area contributed by atoms with Crippen molar-refractivity contribution in [2.24, 2.45) is 5.92 Å². The van der Waals surface area contributed by atoms with Crippen molar-refractivity contribution in [3.05, 3.63) is 41.0 Å². The molecule has 0 aliphatic heterocycles. The Morgan fingerprint density at radius 2 is 1.77 bits per heavy atom. The minimum Gasteiger partial charge on any atom is -0.493 e. The molecule has 2 aromatic rings. The molecular weight excluding hydrogens is 332 g/mol. The van der Waals surface area contributed by atoms with Crippen LogP contribution >= 0.6 is 0 Å². The van der Waals surface area contributed by atoms with Gasteiger partial charge in [-0.3, -0.25) is 0 Å². The topological polar surface area (TPSA) is 54.0 Å². The van der Waals surface area contributed by atoms with Gasteiger partial charge in [0, 0.05) is 5.56 Å². The van der Waals surface area contributed by atoms with Gasteiger partial charge in [0.15, 0.2) is 11.5 Å². The van der Waals surface area contributed by atoms with Crippen molar-refractivity contribution in [2.75, 3.05) is 28.4 Å². The lowest BCUT2D eigenvalue weighted by molar-refractivity contribution is 0.0601. The molecule has 2 atom stereocenters. The van der Waals surface area contributed by atoms with Crippen LogP contribution in [0.1, 0.15) is 33.8 Å². The van der Waals surface area contributed by atoms with Gasteiger partial charge in [-0.2, -0.15) is 0 Å². The number of hydrogen-bond acceptors (Lipinski definition) is 5.